The fraction of sp³-hybridized carbons (Fsp3) is 0.360. The zero-order valence-corrected chi connectivity index (χ0v) is 19.2. The average molecular weight is 475 g/mol. The van der Waals surface area contributed by atoms with Gasteiger partial charge >= 0.3 is 5.97 Å². The average Bonchev–Trinajstić information content (AvgIpc) is 3.54. The van der Waals surface area contributed by atoms with Crippen LogP contribution in [0, 0.1) is 0 Å². The zero-order chi connectivity index (χ0) is 24.0. The second kappa shape index (κ2) is 10.5. The van der Waals surface area contributed by atoms with Gasteiger partial charge in [0, 0.05) is 30.6 Å². The van der Waals surface area contributed by atoms with Gasteiger partial charge in [0.05, 0.1) is 12.3 Å². The highest BCUT2D eigenvalue weighted by Crippen LogP contribution is 2.26. The molecule has 0 radical (unpaired) electrons. The van der Waals surface area contributed by atoms with Crippen molar-refractivity contribution in [3.05, 3.63) is 71.3 Å². The zero-order valence-electron chi connectivity index (χ0n) is 19.2. The number of carboxylic acid groups (broad SMARTS) is 1. The van der Waals surface area contributed by atoms with Crippen LogP contribution in [0.3, 0.4) is 0 Å². The number of nitrogens with zero attached hydrogens (tertiary/aromatic N) is 5. The first-order valence-electron chi connectivity index (χ1n) is 11.8. The van der Waals surface area contributed by atoms with Gasteiger partial charge in [-0.15, -0.1) is 0 Å². The van der Waals surface area contributed by atoms with Crippen LogP contribution in [0.25, 0.3) is 11.4 Å². The third kappa shape index (κ3) is 5.71. The second-order valence-corrected chi connectivity index (χ2v) is 8.62. The smallest absolute Gasteiger partial charge is 0.304 e. The molecule has 1 aliphatic rings. The van der Waals surface area contributed by atoms with Gasteiger partial charge < -0.3 is 19.5 Å². The lowest BCUT2D eigenvalue weighted by Gasteiger charge is -2.17. The van der Waals surface area contributed by atoms with E-state index in [0.717, 1.165) is 49.3 Å². The van der Waals surface area contributed by atoms with Crippen molar-refractivity contribution >= 4 is 11.8 Å². The van der Waals surface area contributed by atoms with Crippen molar-refractivity contribution in [2.75, 3.05) is 11.9 Å². The van der Waals surface area contributed by atoms with Gasteiger partial charge in [-0.3, -0.25) is 4.79 Å². The van der Waals surface area contributed by atoms with Gasteiger partial charge in [-0.1, -0.05) is 46.7 Å². The van der Waals surface area contributed by atoms with E-state index in [9.17, 15) is 9.90 Å². The van der Waals surface area contributed by atoms with E-state index in [-0.39, 0.29) is 18.7 Å². The van der Waals surface area contributed by atoms with E-state index in [4.69, 9.17) is 14.0 Å². The molecule has 0 spiro atoms. The Kier molecular flexibility index (Phi) is 6.78. The number of carboxylic acids is 1. The minimum atomic E-state index is -0.971. The maximum atomic E-state index is 11.5. The molecule has 10 nitrogen and oxygen atoms in total. The van der Waals surface area contributed by atoms with Crippen molar-refractivity contribution in [3.63, 3.8) is 0 Å². The van der Waals surface area contributed by atoms with Gasteiger partial charge in [-0.25, -0.2) is 4.98 Å². The van der Waals surface area contributed by atoms with Gasteiger partial charge in [0.1, 0.15) is 5.82 Å². The Labute approximate surface area is 201 Å². The molecule has 0 amide bonds. The largest absolute Gasteiger partial charge is 0.481 e. The summed E-state index contributed by atoms with van der Waals surface area (Å²) >= 11 is 0. The minimum absolute atomic E-state index is 0.188. The first-order chi connectivity index (χ1) is 17.1. The van der Waals surface area contributed by atoms with Gasteiger partial charge in [-0.2, -0.15) is 9.97 Å². The minimum Gasteiger partial charge on any atom is -0.481 e. The van der Waals surface area contributed by atoms with Gasteiger partial charge in [-0.05, 0) is 37.3 Å². The second-order valence-electron chi connectivity index (χ2n) is 8.62. The summed E-state index contributed by atoms with van der Waals surface area (Å²) < 4.78 is 10.8. The van der Waals surface area contributed by atoms with Crippen LogP contribution in [0.5, 0.6) is 0 Å². The quantitative estimate of drug-likeness (QED) is 0.348. The van der Waals surface area contributed by atoms with Crippen LogP contribution >= 0.6 is 0 Å². The molecular formula is C25H26N6O4. The fourth-order valence-electron chi connectivity index (χ4n) is 4.18. The molecule has 35 heavy (non-hydrogen) atoms. The third-order valence-electron chi connectivity index (χ3n) is 5.96. The van der Waals surface area contributed by atoms with Crippen LogP contribution in [0.4, 0.5) is 5.82 Å². The Morgan fingerprint density at radius 2 is 1.91 bits per heavy atom. The summed E-state index contributed by atoms with van der Waals surface area (Å²) in [5.74, 6) is 1.03. The predicted octanol–water partition coefficient (Wildman–Crippen LogP) is 3.85. The highest BCUT2D eigenvalue weighted by atomic mass is 16.5. The van der Waals surface area contributed by atoms with E-state index in [1.807, 2.05) is 30.3 Å². The van der Waals surface area contributed by atoms with Crippen LogP contribution in [-0.2, 0) is 30.5 Å². The summed E-state index contributed by atoms with van der Waals surface area (Å²) in [6, 6.07) is 13.6. The molecule has 5 rings (SSSR count). The highest BCUT2D eigenvalue weighted by molar-refractivity contribution is 5.67. The van der Waals surface area contributed by atoms with E-state index in [1.165, 1.54) is 5.56 Å². The molecule has 2 N–H and O–H groups in total. The lowest BCUT2D eigenvalue weighted by atomic mass is 10.0. The molecule has 1 atom stereocenters. The number of aryl methyl sites for hydroxylation is 3. The van der Waals surface area contributed by atoms with Crippen LogP contribution in [0.1, 0.15) is 54.0 Å². The third-order valence-corrected chi connectivity index (χ3v) is 5.96. The molecule has 0 saturated heterocycles. The molecule has 180 valence electrons. The van der Waals surface area contributed by atoms with Crippen molar-refractivity contribution < 1.29 is 18.9 Å². The number of aromatic nitrogens is 5. The Morgan fingerprint density at radius 3 is 2.77 bits per heavy atom. The molecule has 0 aliphatic carbocycles. The number of hydrogen-bond donors (Lipinski definition) is 2. The predicted molar refractivity (Wildman–Crippen MR) is 126 cm³/mol. The van der Waals surface area contributed by atoms with E-state index in [1.54, 1.807) is 0 Å². The Hall–Kier alpha value is -4.08. The topological polar surface area (TPSA) is 140 Å². The molecule has 3 aromatic heterocycles. The molecule has 1 unspecified atom stereocenters. The number of carbonyl (C=O) groups is 1. The van der Waals surface area contributed by atoms with E-state index >= 15 is 0 Å². The number of aliphatic carboxylic acids is 1. The van der Waals surface area contributed by atoms with E-state index in [0.29, 0.717) is 24.0 Å². The SMILES string of the molecule is O=C(O)CC(Cc1nc(CCCc2ccc3c(n2)NCCC3)no1)c1nc(-c2ccccc2)no1. The van der Waals surface area contributed by atoms with Crippen LogP contribution in [0.2, 0.25) is 0 Å². The summed E-state index contributed by atoms with van der Waals surface area (Å²) in [7, 11) is 0. The van der Waals surface area contributed by atoms with Crippen molar-refractivity contribution in [1.29, 1.82) is 0 Å². The summed E-state index contributed by atoms with van der Waals surface area (Å²) in [5, 5.41) is 20.8. The molecule has 1 aliphatic heterocycles. The number of rotatable bonds is 10. The Morgan fingerprint density at radius 1 is 1.03 bits per heavy atom. The molecule has 4 aromatic rings. The van der Waals surface area contributed by atoms with Crippen LogP contribution in [-0.4, -0.2) is 42.9 Å². The number of hydrogen-bond acceptors (Lipinski definition) is 9. The maximum Gasteiger partial charge on any atom is 0.304 e. The number of benzene rings is 1. The lowest BCUT2D eigenvalue weighted by molar-refractivity contribution is -0.137. The van der Waals surface area contributed by atoms with Crippen molar-refractivity contribution in [1.82, 2.24) is 25.3 Å². The van der Waals surface area contributed by atoms with Crippen LogP contribution < -0.4 is 5.32 Å². The first kappa shape index (κ1) is 22.7. The number of anilines is 1. The fourth-order valence-corrected chi connectivity index (χ4v) is 4.18. The lowest BCUT2D eigenvalue weighted by Crippen LogP contribution is -2.14. The maximum absolute atomic E-state index is 11.5. The number of fused-ring (bicyclic) bond motifs is 1. The van der Waals surface area contributed by atoms with Crippen molar-refractivity contribution in [2.24, 2.45) is 0 Å². The molecule has 0 saturated carbocycles. The summed E-state index contributed by atoms with van der Waals surface area (Å²) in [6.07, 6.45) is 4.50. The number of pyridine rings is 1. The summed E-state index contributed by atoms with van der Waals surface area (Å²) in [5.41, 5.74) is 3.10. The summed E-state index contributed by atoms with van der Waals surface area (Å²) in [4.78, 5) is 25.0. The normalized spacial score (nSPS) is 13.7. The van der Waals surface area contributed by atoms with E-state index in [2.05, 4.69) is 37.7 Å². The monoisotopic (exact) mass is 474 g/mol. The van der Waals surface area contributed by atoms with Crippen molar-refractivity contribution in [2.45, 2.75) is 50.9 Å². The molecule has 4 heterocycles. The van der Waals surface area contributed by atoms with Gasteiger partial charge in [0.25, 0.3) is 0 Å². The van der Waals surface area contributed by atoms with Crippen LogP contribution in [0.15, 0.2) is 51.5 Å². The molecule has 0 bridgehead atoms. The Balaban J connectivity index is 1.20. The first-order valence-corrected chi connectivity index (χ1v) is 11.8. The van der Waals surface area contributed by atoms with E-state index < -0.39 is 11.9 Å². The van der Waals surface area contributed by atoms with Gasteiger partial charge in [0.2, 0.25) is 17.6 Å². The standard InChI is InChI=1S/C25H26N6O4/c32-22(33)15-18(25-29-24(31-35-25)16-6-2-1-3-7-16)14-21-28-20(30-34-21)10-4-9-19-12-11-17-8-5-13-26-23(17)27-19/h1-3,6-7,11-12,18H,4-5,8-10,13-15H2,(H,26,27)(H,32,33). The molecular weight excluding hydrogens is 448 g/mol. The highest BCUT2D eigenvalue weighted by Gasteiger charge is 2.25. The molecule has 1 aromatic carbocycles. The van der Waals surface area contributed by atoms with Gasteiger partial charge in [0.15, 0.2) is 5.82 Å². The van der Waals surface area contributed by atoms with Crippen molar-refractivity contribution in [3.8, 4) is 11.4 Å². The molecule has 0 fully saturated rings. The number of nitrogens with one attached hydrogen (secondary N) is 1. The summed E-state index contributed by atoms with van der Waals surface area (Å²) in [6.45, 7) is 0.967. The Bertz CT molecular complexity index is 1290. The molecule has 10 heteroatoms.